The molecule has 0 atom stereocenters. The molecule has 2 aliphatic rings. The predicted molar refractivity (Wildman–Crippen MR) is 87.1 cm³/mol. The SMILES string of the molecule is N#CC1CS(=O)(=NC(=O)CCCNC(=O)NC2CCCCC2)C1. The highest BCUT2D eigenvalue weighted by Gasteiger charge is 2.32. The Bertz CT molecular complexity index is 586. The molecule has 1 saturated heterocycles. The molecule has 0 radical (unpaired) electrons. The van der Waals surface area contributed by atoms with Crippen molar-refractivity contribution in [3.05, 3.63) is 0 Å². The van der Waals surface area contributed by atoms with Crippen LogP contribution in [-0.4, -0.2) is 40.2 Å². The van der Waals surface area contributed by atoms with E-state index in [0.717, 1.165) is 25.7 Å². The van der Waals surface area contributed by atoms with Gasteiger partial charge in [-0.2, -0.15) is 9.62 Å². The van der Waals surface area contributed by atoms with Crippen molar-refractivity contribution < 1.29 is 13.8 Å². The summed E-state index contributed by atoms with van der Waals surface area (Å²) >= 11 is 0. The summed E-state index contributed by atoms with van der Waals surface area (Å²) in [7, 11) is -2.47. The molecule has 2 N–H and O–H groups in total. The molecule has 3 amide bonds. The first-order valence-electron chi connectivity index (χ1n) is 8.20. The fourth-order valence-electron chi connectivity index (χ4n) is 2.89. The van der Waals surface area contributed by atoms with E-state index in [-0.39, 0.29) is 35.9 Å². The summed E-state index contributed by atoms with van der Waals surface area (Å²) in [4.78, 5) is 23.4. The van der Waals surface area contributed by atoms with Crippen LogP contribution in [0.3, 0.4) is 0 Å². The lowest BCUT2D eigenvalue weighted by molar-refractivity contribution is -0.117. The molecular weight excluding hydrogens is 316 g/mol. The van der Waals surface area contributed by atoms with Crippen molar-refractivity contribution in [2.24, 2.45) is 10.3 Å². The standard InChI is InChI=1S/C15H24N4O3S/c16-9-12-10-23(22,11-12)19-14(20)7-4-8-17-15(21)18-13-5-2-1-3-6-13/h12-13H,1-8,10-11H2,(H2,17,18,21). The second kappa shape index (κ2) is 8.29. The summed E-state index contributed by atoms with van der Waals surface area (Å²) in [6.45, 7) is 0.391. The van der Waals surface area contributed by atoms with Gasteiger partial charge in [0.25, 0.3) is 5.91 Å². The summed E-state index contributed by atoms with van der Waals surface area (Å²) in [5.74, 6) is -0.223. The Morgan fingerprint density at radius 3 is 2.57 bits per heavy atom. The first-order chi connectivity index (χ1) is 11.0. The van der Waals surface area contributed by atoms with Gasteiger partial charge in [0.15, 0.2) is 0 Å². The van der Waals surface area contributed by atoms with Crippen molar-refractivity contribution in [3.8, 4) is 6.07 Å². The second-order valence-electron chi connectivity index (χ2n) is 6.26. The maximum absolute atomic E-state index is 12.0. The number of amides is 3. The van der Waals surface area contributed by atoms with Crippen LogP contribution in [0.5, 0.6) is 0 Å². The zero-order valence-electron chi connectivity index (χ0n) is 13.3. The van der Waals surface area contributed by atoms with Gasteiger partial charge in [0.05, 0.1) is 21.7 Å². The van der Waals surface area contributed by atoms with Crippen LogP contribution in [-0.2, 0) is 14.5 Å². The van der Waals surface area contributed by atoms with Gasteiger partial charge in [0.2, 0.25) is 0 Å². The van der Waals surface area contributed by atoms with Crippen molar-refractivity contribution >= 4 is 21.7 Å². The molecule has 8 heteroatoms. The van der Waals surface area contributed by atoms with Gasteiger partial charge in [-0.15, -0.1) is 0 Å². The number of nitrogens with zero attached hydrogens (tertiary/aromatic N) is 2. The van der Waals surface area contributed by atoms with E-state index in [4.69, 9.17) is 5.26 Å². The van der Waals surface area contributed by atoms with Crippen molar-refractivity contribution in [1.29, 1.82) is 5.26 Å². The third kappa shape index (κ3) is 5.82. The van der Waals surface area contributed by atoms with Gasteiger partial charge in [0, 0.05) is 30.5 Å². The van der Waals surface area contributed by atoms with Crippen LogP contribution in [0.25, 0.3) is 0 Å². The van der Waals surface area contributed by atoms with E-state index in [0.29, 0.717) is 13.0 Å². The number of rotatable bonds is 5. The fourth-order valence-corrected chi connectivity index (χ4v) is 4.81. The summed E-state index contributed by atoms with van der Waals surface area (Å²) in [6.07, 6.45) is 6.25. The zero-order valence-corrected chi connectivity index (χ0v) is 14.1. The van der Waals surface area contributed by atoms with Crippen LogP contribution >= 0.6 is 0 Å². The lowest BCUT2D eigenvalue weighted by atomic mass is 9.96. The Hall–Kier alpha value is -1.62. The number of hydrogen-bond acceptors (Lipinski definition) is 4. The topological polar surface area (TPSA) is 111 Å². The molecule has 1 aliphatic carbocycles. The van der Waals surface area contributed by atoms with Gasteiger partial charge in [-0.1, -0.05) is 19.3 Å². The van der Waals surface area contributed by atoms with E-state index in [1.165, 1.54) is 6.42 Å². The minimum atomic E-state index is -2.47. The minimum Gasteiger partial charge on any atom is -0.338 e. The number of nitrogens with one attached hydrogen (secondary N) is 2. The summed E-state index contributed by atoms with van der Waals surface area (Å²) in [6, 6.07) is 2.09. The van der Waals surface area contributed by atoms with Crippen LogP contribution in [0.2, 0.25) is 0 Å². The Balaban J connectivity index is 1.59. The number of carbonyl (C=O) groups is 2. The molecule has 0 aromatic carbocycles. The first-order valence-corrected chi connectivity index (χ1v) is 10.1. The lowest BCUT2D eigenvalue weighted by Gasteiger charge is -2.23. The highest BCUT2D eigenvalue weighted by molar-refractivity contribution is 7.95. The van der Waals surface area contributed by atoms with Crippen LogP contribution in [0.15, 0.2) is 4.36 Å². The Morgan fingerprint density at radius 1 is 1.22 bits per heavy atom. The van der Waals surface area contributed by atoms with Gasteiger partial charge < -0.3 is 10.6 Å². The Kier molecular flexibility index (Phi) is 6.39. The fraction of sp³-hybridized carbons (Fsp3) is 0.800. The largest absolute Gasteiger partial charge is 0.338 e. The van der Waals surface area contributed by atoms with E-state index in [1.807, 2.05) is 6.07 Å². The molecular formula is C15H24N4O3S. The van der Waals surface area contributed by atoms with Crippen LogP contribution in [0, 0.1) is 17.2 Å². The number of nitriles is 1. The van der Waals surface area contributed by atoms with E-state index in [1.54, 1.807) is 0 Å². The van der Waals surface area contributed by atoms with Crippen molar-refractivity contribution in [1.82, 2.24) is 10.6 Å². The smallest absolute Gasteiger partial charge is 0.315 e. The average Bonchev–Trinajstić information content (AvgIpc) is 2.50. The number of urea groups is 1. The van der Waals surface area contributed by atoms with Crippen LogP contribution < -0.4 is 10.6 Å². The van der Waals surface area contributed by atoms with Gasteiger partial charge in [-0.05, 0) is 19.3 Å². The monoisotopic (exact) mass is 340 g/mol. The molecule has 0 aromatic rings. The average molecular weight is 340 g/mol. The molecule has 7 nitrogen and oxygen atoms in total. The van der Waals surface area contributed by atoms with Crippen molar-refractivity contribution in [2.45, 2.75) is 51.0 Å². The molecule has 0 bridgehead atoms. The highest BCUT2D eigenvalue weighted by atomic mass is 32.2. The molecule has 2 fully saturated rings. The van der Waals surface area contributed by atoms with E-state index in [2.05, 4.69) is 15.0 Å². The number of hydrogen-bond donors (Lipinski definition) is 2. The molecule has 23 heavy (non-hydrogen) atoms. The maximum Gasteiger partial charge on any atom is 0.315 e. The zero-order chi connectivity index (χ0) is 16.7. The van der Waals surface area contributed by atoms with Crippen LogP contribution in [0.4, 0.5) is 4.79 Å². The second-order valence-corrected chi connectivity index (χ2v) is 8.65. The highest BCUT2D eigenvalue weighted by Crippen LogP contribution is 2.20. The number of carbonyl (C=O) groups excluding carboxylic acids is 2. The van der Waals surface area contributed by atoms with Gasteiger partial charge in [-0.25, -0.2) is 9.00 Å². The third-order valence-electron chi connectivity index (χ3n) is 4.17. The molecule has 1 heterocycles. The Labute approximate surface area is 137 Å². The van der Waals surface area contributed by atoms with E-state index in [9.17, 15) is 13.8 Å². The maximum atomic E-state index is 12.0. The molecule has 0 spiro atoms. The van der Waals surface area contributed by atoms with Gasteiger partial charge in [-0.3, -0.25) is 4.79 Å². The molecule has 128 valence electrons. The van der Waals surface area contributed by atoms with E-state index >= 15 is 0 Å². The van der Waals surface area contributed by atoms with E-state index < -0.39 is 15.6 Å². The molecule has 1 aliphatic heterocycles. The van der Waals surface area contributed by atoms with Crippen LogP contribution in [0.1, 0.15) is 44.9 Å². The molecule has 1 saturated carbocycles. The summed E-state index contributed by atoms with van der Waals surface area (Å²) < 4.78 is 15.7. The summed E-state index contributed by atoms with van der Waals surface area (Å²) in [5, 5.41) is 14.3. The summed E-state index contributed by atoms with van der Waals surface area (Å²) in [5.41, 5.74) is 0. The third-order valence-corrected chi connectivity index (χ3v) is 6.55. The molecule has 0 unspecified atom stereocenters. The Morgan fingerprint density at radius 2 is 1.91 bits per heavy atom. The van der Waals surface area contributed by atoms with Gasteiger partial charge >= 0.3 is 6.03 Å². The quantitative estimate of drug-likeness (QED) is 0.739. The predicted octanol–water partition coefficient (Wildman–Crippen LogP) is 1.55. The van der Waals surface area contributed by atoms with Gasteiger partial charge in [0.1, 0.15) is 0 Å². The minimum absolute atomic E-state index is 0.165. The molecule has 0 aromatic heterocycles. The normalized spacial score (nSPS) is 27.3. The molecule has 2 rings (SSSR count). The van der Waals surface area contributed by atoms with Crippen molar-refractivity contribution in [2.75, 3.05) is 18.1 Å². The first kappa shape index (κ1) is 17.7. The van der Waals surface area contributed by atoms with Crippen molar-refractivity contribution in [3.63, 3.8) is 0 Å². The lowest BCUT2D eigenvalue weighted by Crippen LogP contribution is -2.43.